The van der Waals surface area contributed by atoms with Gasteiger partial charge < -0.3 is 14.2 Å². The highest BCUT2D eigenvalue weighted by atomic mass is 35.5. The van der Waals surface area contributed by atoms with Gasteiger partial charge in [-0.3, -0.25) is 9.59 Å². The maximum Gasteiger partial charge on any atom is 0.416 e. The van der Waals surface area contributed by atoms with Gasteiger partial charge in [-0.2, -0.15) is 26.3 Å². The first-order valence-electron chi connectivity index (χ1n) is 14.5. The number of sulfone groups is 2. The molecule has 0 fully saturated rings. The van der Waals surface area contributed by atoms with E-state index in [1.54, 1.807) is 0 Å². The largest absolute Gasteiger partial charge is 0.456 e. The van der Waals surface area contributed by atoms with Gasteiger partial charge in [0.15, 0.2) is 19.7 Å². The molecule has 278 valence electrons. The molecule has 52 heavy (non-hydrogen) atoms. The van der Waals surface area contributed by atoms with Crippen molar-refractivity contribution in [3.05, 3.63) is 105 Å². The van der Waals surface area contributed by atoms with Crippen LogP contribution in [0, 0.1) is 0 Å². The molecule has 0 aliphatic rings. The molecule has 0 unspecified atom stereocenters. The van der Waals surface area contributed by atoms with Gasteiger partial charge in [-0.1, -0.05) is 30.1 Å². The second-order valence-electron chi connectivity index (χ2n) is 11.0. The van der Waals surface area contributed by atoms with E-state index in [2.05, 4.69) is 4.74 Å². The minimum Gasteiger partial charge on any atom is -0.456 e. The van der Waals surface area contributed by atoms with Crippen molar-refractivity contribution in [1.29, 1.82) is 0 Å². The van der Waals surface area contributed by atoms with Gasteiger partial charge >= 0.3 is 24.3 Å². The monoisotopic (exact) mass is 812 g/mol. The van der Waals surface area contributed by atoms with Crippen LogP contribution < -0.4 is 9.47 Å². The Hall–Kier alpha value is -4.32. The second kappa shape index (κ2) is 15.3. The highest BCUT2D eigenvalue weighted by Crippen LogP contribution is 2.38. The lowest BCUT2D eigenvalue weighted by Gasteiger charge is -2.15. The number of carbonyl (C=O) groups is 2. The van der Waals surface area contributed by atoms with E-state index in [1.165, 1.54) is 6.92 Å². The Morgan fingerprint density at radius 3 is 1.40 bits per heavy atom. The zero-order valence-electron chi connectivity index (χ0n) is 26.6. The number of carbonyl (C=O) groups excluding carboxylic acids is 2. The maximum absolute atomic E-state index is 13.7. The van der Waals surface area contributed by atoms with Crippen LogP contribution in [0.25, 0.3) is 0 Å². The fourth-order valence-corrected chi connectivity index (χ4v) is 6.60. The SMILES string of the molecule is CCS(=O)(=O)c1ccc(Oc2cc(CC(=O)OC(=O)Cc3cc(Oc4ccc(S(C)(=O)=O)cc4Cl)cc(C(F)(F)F)c3)cc(C(F)(F)F)c2)c(Cl)c1. The van der Waals surface area contributed by atoms with E-state index in [0.717, 1.165) is 54.8 Å². The van der Waals surface area contributed by atoms with Crippen molar-refractivity contribution in [3.8, 4) is 23.0 Å². The Morgan fingerprint density at radius 2 is 1.04 bits per heavy atom. The van der Waals surface area contributed by atoms with Crippen LogP contribution in [0.15, 0.2) is 82.6 Å². The Kier molecular flexibility index (Phi) is 11.9. The minimum atomic E-state index is -4.93. The van der Waals surface area contributed by atoms with Crippen molar-refractivity contribution in [2.75, 3.05) is 12.0 Å². The van der Waals surface area contributed by atoms with E-state index in [0.29, 0.717) is 24.3 Å². The third-order valence-electron chi connectivity index (χ3n) is 6.94. The number of rotatable bonds is 11. The number of hydrogen-bond donors (Lipinski definition) is 0. The Balaban J connectivity index is 1.53. The molecule has 4 aromatic rings. The highest BCUT2D eigenvalue weighted by Gasteiger charge is 2.33. The van der Waals surface area contributed by atoms with Gasteiger partial charge in [0, 0.05) is 6.26 Å². The molecule has 0 aliphatic carbocycles. The molecule has 0 heterocycles. The Morgan fingerprint density at radius 1 is 0.635 bits per heavy atom. The topological polar surface area (TPSA) is 130 Å². The van der Waals surface area contributed by atoms with Crippen LogP contribution in [0.2, 0.25) is 10.0 Å². The number of hydrogen-bond acceptors (Lipinski definition) is 9. The molecule has 0 saturated carbocycles. The zero-order chi connectivity index (χ0) is 38.8. The molecule has 9 nitrogen and oxygen atoms in total. The van der Waals surface area contributed by atoms with E-state index >= 15 is 0 Å². The number of ether oxygens (including phenoxy) is 3. The van der Waals surface area contributed by atoms with Crippen molar-refractivity contribution in [3.63, 3.8) is 0 Å². The standard InChI is InChI=1S/C33H24Cl2F6O9S2/c1-3-52(46,47)25-5-7-29(27(35)17-25)49-23-11-19(9-21(15-23)33(39,40)41)13-31(43)50-30(42)12-18-8-20(32(36,37)38)14-22(10-18)48-28-6-4-24(16-26(28)34)51(2,44)45/h4-11,14-17H,3,12-13H2,1-2H3. The normalized spacial score (nSPS) is 12.3. The molecular formula is C33H24Cl2F6O9S2. The summed E-state index contributed by atoms with van der Waals surface area (Å²) >= 11 is 12.2. The lowest BCUT2D eigenvalue weighted by Crippen LogP contribution is -2.17. The Bertz CT molecular complexity index is 2260. The summed E-state index contributed by atoms with van der Waals surface area (Å²) in [6.07, 6.45) is -10.8. The van der Waals surface area contributed by atoms with Crippen molar-refractivity contribution in [2.24, 2.45) is 0 Å². The van der Waals surface area contributed by atoms with Gasteiger partial charge in [-0.15, -0.1) is 0 Å². The van der Waals surface area contributed by atoms with E-state index < -0.39 is 79.4 Å². The third kappa shape index (κ3) is 10.6. The summed E-state index contributed by atoms with van der Waals surface area (Å²) < 4.78 is 146. The fraction of sp³-hybridized carbons (Fsp3) is 0.212. The number of benzene rings is 4. The highest BCUT2D eigenvalue weighted by molar-refractivity contribution is 7.91. The van der Waals surface area contributed by atoms with Crippen LogP contribution in [-0.2, 0) is 59.2 Å². The van der Waals surface area contributed by atoms with Crippen LogP contribution in [0.5, 0.6) is 23.0 Å². The van der Waals surface area contributed by atoms with E-state index in [-0.39, 0.29) is 48.2 Å². The maximum atomic E-state index is 13.7. The van der Waals surface area contributed by atoms with Crippen molar-refractivity contribution in [2.45, 2.75) is 41.9 Å². The van der Waals surface area contributed by atoms with Gasteiger partial charge in [0.1, 0.15) is 23.0 Å². The molecule has 0 atom stereocenters. The van der Waals surface area contributed by atoms with Crippen LogP contribution in [-0.4, -0.2) is 40.8 Å². The summed E-state index contributed by atoms with van der Waals surface area (Å²) in [5, 5.41) is -0.493. The predicted octanol–water partition coefficient (Wildman–Crippen LogP) is 8.67. The predicted molar refractivity (Wildman–Crippen MR) is 175 cm³/mol. The number of alkyl halides is 6. The number of halogens is 8. The Labute approximate surface area is 302 Å². The van der Waals surface area contributed by atoms with Crippen LogP contribution in [0.4, 0.5) is 26.3 Å². The molecular weight excluding hydrogens is 789 g/mol. The van der Waals surface area contributed by atoms with Gasteiger partial charge in [0.25, 0.3) is 0 Å². The van der Waals surface area contributed by atoms with E-state index in [4.69, 9.17) is 32.7 Å². The van der Waals surface area contributed by atoms with Gasteiger partial charge in [-0.05, 0) is 83.9 Å². The van der Waals surface area contributed by atoms with E-state index in [9.17, 15) is 52.8 Å². The molecule has 0 spiro atoms. The second-order valence-corrected chi connectivity index (χ2v) is 16.1. The van der Waals surface area contributed by atoms with Gasteiger partial charge in [0.05, 0.1) is 49.6 Å². The lowest BCUT2D eigenvalue weighted by molar-refractivity contribution is -0.158. The zero-order valence-corrected chi connectivity index (χ0v) is 29.7. The first kappa shape index (κ1) is 40.5. The summed E-state index contributed by atoms with van der Waals surface area (Å²) in [7, 11) is -7.33. The van der Waals surface area contributed by atoms with Crippen molar-refractivity contribution >= 4 is 54.8 Å². The summed E-state index contributed by atoms with van der Waals surface area (Å²) in [5.41, 5.74) is -3.20. The molecule has 0 aliphatic heterocycles. The van der Waals surface area contributed by atoms with Crippen molar-refractivity contribution in [1.82, 2.24) is 0 Å². The molecule has 0 aromatic heterocycles. The van der Waals surface area contributed by atoms with Gasteiger partial charge in [-0.25, -0.2) is 16.8 Å². The van der Waals surface area contributed by atoms with Crippen LogP contribution >= 0.6 is 23.2 Å². The first-order valence-corrected chi connectivity index (χ1v) is 18.8. The quantitative estimate of drug-likeness (QED) is 0.0830. The minimum absolute atomic E-state index is 0.149. The summed E-state index contributed by atoms with van der Waals surface area (Å²) in [6, 6.07) is 10.9. The lowest BCUT2D eigenvalue weighted by atomic mass is 10.1. The molecule has 4 rings (SSSR count). The molecule has 4 aromatic carbocycles. The summed E-state index contributed by atoms with van der Waals surface area (Å²) in [4.78, 5) is 24.9. The average Bonchev–Trinajstić information content (AvgIpc) is 3.01. The average molecular weight is 814 g/mol. The van der Waals surface area contributed by atoms with Gasteiger partial charge in [0.2, 0.25) is 0 Å². The number of esters is 2. The molecule has 0 amide bonds. The van der Waals surface area contributed by atoms with Crippen molar-refractivity contribution < 1.29 is 67.0 Å². The van der Waals surface area contributed by atoms with E-state index in [1.807, 2.05) is 0 Å². The molecule has 0 bridgehead atoms. The molecule has 0 N–H and O–H groups in total. The molecule has 19 heteroatoms. The van der Waals surface area contributed by atoms with Crippen LogP contribution in [0.3, 0.4) is 0 Å². The summed E-state index contributed by atoms with van der Waals surface area (Å²) in [5.74, 6) is -4.31. The molecule has 0 saturated heterocycles. The smallest absolute Gasteiger partial charge is 0.416 e. The molecule has 0 radical (unpaired) electrons. The third-order valence-corrected chi connectivity index (χ3v) is 10.4. The van der Waals surface area contributed by atoms with Crippen LogP contribution in [0.1, 0.15) is 29.2 Å². The fourth-order valence-electron chi connectivity index (χ4n) is 4.48. The first-order chi connectivity index (χ1) is 23.9. The summed E-state index contributed by atoms with van der Waals surface area (Å²) in [6.45, 7) is 1.40.